The van der Waals surface area contributed by atoms with Gasteiger partial charge in [0.1, 0.15) is 0 Å². The molecule has 2 aromatic heterocycles. The zero-order valence-electron chi connectivity index (χ0n) is 10.0. The summed E-state index contributed by atoms with van der Waals surface area (Å²) in [7, 11) is 1.90. The maximum atomic E-state index is 11.7. The molecule has 2 heterocycles. The highest BCUT2D eigenvalue weighted by atomic mass is 35.5. The normalized spacial score (nSPS) is 9.67. The number of carbonyl (C=O) groups is 1. The van der Waals surface area contributed by atoms with E-state index >= 15 is 0 Å². The van der Waals surface area contributed by atoms with Crippen LogP contribution in [0.4, 0.5) is 10.1 Å². The van der Waals surface area contributed by atoms with Crippen LogP contribution in [0.5, 0.6) is 0 Å². The van der Waals surface area contributed by atoms with E-state index in [9.17, 15) is 4.79 Å². The maximum Gasteiger partial charge on any atom is 0.245 e. The first-order chi connectivity index (χ1) is 8.15. The number of thiazole rings is 1. The predicted molar refractivity (Wildman–Crippen MR) is 80.3 cm³/mol. The number of likely N-dealkylation sites (N-methyl/N-ethyl adjacent to an activating group) is 1. The van der Waals surface area contributed by atoms with Crippen molar-refractivity contribution in [3.63, 3.8) is 0 Å². The zero-order chi connectivity index (χ0) is 12.3. The molecule has 98 valence electrons. The van der Waals surface area contributed by atoms with E-state index in [1.807, 2.05) is 41.8 Å². The number of hydrogen-bond acceptors (Lipinski definition) is 5. The Labute approximate surface area is 120 Å². The van der Waals surface area contributed by atoms with E-state index in [0.29, 0.717) is 11.7 Å². The number of carbonyl (C=O) groups excluding carboxylic acids is 1. The molecule has 0 bridgehead atoms. The summed E-state index contributed by atoms with van der Waals surface area (Å²) in [5.41, 5.74) is 0.928. The molecule has 0 saturated carbocycles. The number of rotatable bonds is 4. The van der Waals surface area contributed by atoms with Crippen molar-refractivity contribution in [2.45, 2.75) is 6.92 Å². The van der Waals surface area contributed by atoms with E-state index in [4.69, 9.17) is 0 Å². The van der Waals surface area contributed by atoms with Crippen molar-refractivity contribution in [3.8, 4) is 0 Å². The summed E-state index contributed by atoms with van der Waals surface area (Å²) >= 11 is 3.06. The van der Waals surface area contributed by atoms with E-state index in [-0.39, 0.29) is 18.3 Å². The van der Waals surface area contributed by atoms with Gasteiger partial charge in [0.2, 0.25) is 5.91 Å². The first-order valence-electron chi connectivity index (χ1n) is 5.12. The maximum absolute atomic E-state index is 11.7. The zero-order valence-corrected chi connectivity index (χ0v) is 12.5. The Morgan fingerprint density at radius 2 is 2.28 bits per heavy atom. The highest BCUT2D eigenvalue weighted by Gasteiger charge is 2.09. The van der Waals surface area contributed by atoms with Crippen molar-refractivity contribution in [2.24, 2.45) is 0 Å². The Hall–Kier alpha value is -1.11. The van der Waals surface area contributed by atoms with Gasteiger partial charge in [-0.15, -0.1) is 35.1 Å². The number of nitrogens with zero attached hydrogens (tertiary/aromatic N) is 2. The Bertz CT molecular complexity index is 498. The van der Waals surface area contributed by atoms with Crippen molar-refractivity contribution in [3.05, 3.63) is 28.6 Å². The van der Waals surface area contributed by atoms with E-state index in [1.54, 1.807) is 11.3 Å². The Morgan fingerprint density at radius 3 is 2.83 bits per heavy atom. The third kappa shape index (κ3) is 3.97. The number of halogens is 1. The van der Waals surface area contributed by atoms with Gasteiger partial charge in [-0.1, -0.05) is 0 Å². The lowest BCUT2D eigenvalue weighted by Crippen LogP contribution is -2.29. The van der Waals surface area contributed by atoms with Gasteiger partial charge in [0.25, 0.3) is 0 Å². The van der Waals surface area contributed by atoms with Gasteiger partial charge in [0.05, 0.1) is 17.2 Å². The molecule has 0 spiro atoms. The molecule has 0 atom stereocenters. The molecular weight excluding hydrogens is 290 g/mol. The number of anilines is 2. The SMILES string of the molecule is Cc1csc(NC(=O)CN(C)c2cccs2)n1.Cl. The molecule has 0 aliphatic carbocycles. The van der Waals surface area contributed by atoms with E-state index < -0.39 is 0 Å². The summed E-state index contributed by atoms with van der Waals surface area (Å²) in [6.45, 7) is 2.24. The fourth-order valence-electron chi connectivity index (χ4n) is 1.35. The van der Waals surface area contributed by atoms with E-state index in [2.05, 4.69) is 10.3 Å². The summed E-state index contributed by atoms with van der Waals surface area (Å²) < 4.78 is 0. The third-order valence-electron chi connectivity index (χ3n) is 2.13. The number of aromatic nitrogens is 1. The van der Waals surface area contributed by atoms with Crippen molar-refractivity contribution in [2.75, 3.05) is 23.8 Å². The van der Waals surface area contributed by atoms with E-state index in [0.717, 1.165) is 10.7 Å². The number of nitrogens with one attached hydrogen (secondary N) is 1. The predicted octanol–water partition coefficient (Wildman–Crippen LogP) is 3.01. The monoisotopic (exact) mass is 303 g/mol. The van der Waals surface area contributed by atoms with Gasteiger partial charge in [-0.25, -0.2) is 4.98 Å². The minimum absolute atomic E-state index is 0. The molecule has 0 radical (unpaired) electrons. The van der Waals surface area contributed by atoms with Crippen molar-refractivity contribution >= 4 is 51.1 Å². The fourth-order valence-corrected chi connectivity index (χ4v) is 2.75. The second kappa shape index (κ2) is 6.72. The molecule has 1 N–H and O–H groups in total. The van der Waals surface area contributed by atoms with Gasteiger partial charge in [-0.2, -0.15) is 0 Å². The molecule has 0 fully saturated rings. The number of thiophene rings is 1. The molecule has 4 nitrogen and oxygen atoms in total. The summed E-state index contributed by atoms with van der Waals surface area (Å²) in [6, 6.07) is 3.96. The Balaban J connectivity index is 0.00000162. The molecule has 0 saturated heterocycles. The summed E-state index contributed by atoms with van der Waals surface area (Å²) in [6.07, 6.45) is 0. The van der Waals surface area contributed by atoms with Crippen LogP contribution >= 0.6 is 35.1 Å². The summed E-state index contributed by atoms with van der Waals surface area (Å²) in [4.78, 5) is 17.9. The molecule has 2 aromatic rings. The minimum atomic E-state index is -0.0461. The van der Waals surface area contributed by atoms with Crippen LogP contribution in [0.3, 0.4) is 0 Å². The van der Waals surface area contributed by atoms with Crippen LogP contribution in [0.2, 0.25) is 0 Å². The summed E-state index contributed by atoms with van der Waals surface area (Å²) in [5, 5.41) is 8.43. The van der Waals surface area contributed by atoms with Crippen LogP contribution in [-0.2, 0) is 4.79 Å². The van der Waals surface area contributed by atoms with Gasteiger partial charge in [0, 0.05) is 12.4 Å². The van der Waals surface area contributed by atoms with Gasteiger partial charge < -0.3 is 10.2 Å². The second-order valence-electron chi connectivity index (χ2n) is 3.65. The average Bonchev–Trinajstić information content (AvgIpc) is 2.89. The molecule has 0 unspecified atom stereocenters. The summed E-state index contributed by atoms with van der Waals surface area (Å²) in [5.74, 6) is -0.0461. The molecular formula is C11H14ClN3OS2. The van der Waals surface area contributed by atoms with Crippen LogP contribution in [0.25, 0.3) is 0 Å². The molecule has 2 rings (SSSR count). The van der Waals surface area contributed by atoms with Gasteiger partial charge in [0.15, 0.2) is 5.13 Å². The number of aryl methyl sites for hydroxylation is 1. The largest absolute Gasteiger partial charge is 0.357 e. The minimum Gasteiger partial charge on any atom is -0.357 e. The lowest BCUT2D eigenvalue weighted by molar-refractivity contribution is -0.114. The van der Waals surface area contributed by atoms with Crippen LogP contribution < -0.4 is 10.2 Å². The Kier molecular flexibility index (Phi) is 5.58. The van der Waals surface area contributed by atoms with Gasteiger partial charge in [-0.05, 0) is 24.4 Å². The van der Waals surface area contributed by atoms with Crippen molar-refractivity contribution < 1.29 is 4.79 Å². The lowest BCUT2D eigenvalue weighted by atomic mass is 10.5. The van der Waals surface area contributed by atoms with Gasteiger partial charge in [-0.3, -0.25) is 4.79 Å². The molecule has 7 heteroatoms. The van der Waals surface area contributed by atoms with Crippen LogP contribution in [0.15, 0.2) is 22.9 Å². The quantitative estimate of drug-likeness (QED) is 0.944. The highest BCUT2D eigenvalue weighted by Crippen LogP contribution is 2.19. The van der Waals surface area contributed by atoms with E-state index in [1.165, 1.54) is 11.3 Å². The highest BCUT2D eigenvalue weighted by molar-refractivity contribution is 7.14. The molecule has 0 aliphatic heterocycles. The Morgan fingerprint density at radius 1 is 1.50 bits per heavy atom. The second-order valence-corrected chi connectivity index (χ2v) is 5.43. The van der Waals surface area contributed by atoms with Crippen LogP contribution in [0, 0.1) is 6.92 Å². The van der Waals surface area contributed by atoms with Crippen LogP contribution in [0.1, 0.15) is 5.69 Å². The first kappa shape index (κ1) is 14.9. The smallest absolute Gasteiger partial charge is 0.245 e. The van der Waals surface area contributed by atoms with Crippen molar-refractivity contribution in [1.29, 1.82) is 0 Å². The third-order valence-corrected chi connectivity index (χ3v) is 3.99. The van der Waals surface area contributed by atoms with Gasteiger partial charge >= 0.3 is 0 Å². The first-order valence-corrected chi connectivity index (χ1v) is 6.87. The van der Waals surface area contributed by atoms with Crippen molar-refractivity contribution in [1.82, 2.24) is 4.98 Å². The number of amides is 1. The number of hydrogen-bond donors (Lipinski definition) is 1. The molecule has 1 amide bonds. The molecule has 18 heavy (non-hydrogen) atoms. The fraction of sp³-hybridized carbons (Fsp3) is 0.273. The average molecular weight is 304 g/mol. The lowest BCUT2D eigenvalue weighted by Gasteiger charge is -2.15. The van der Waals surface area contributed by atoms with Crippen LogP contribution in [-0.4, -0.2) is 24.5 Å². The topological polar surface area (TPSA) is 45.2 Å². The standard InChI is InChI=1S/C11H13N3OS2.ClH/c1-8-7-17-11(12-8)13-9(15)6-14(2)10-4-3-5-16-10;/h3-5,7H,6H2,1-2H3,(H,12,13,15);1H. The molecule has 0 aromatic carbocycles. The molecule has 0 aliphatic rings.